The van der Waals surface area contributed by atoms with Crippen molar-refractivity contribution in [3.8, 4) is 22.3 Å². The minimum absolute atomic E-state index is 0.550. The average Bonchev–Trinajstić information content (AvgIpc) is 3.38. The van der Waals surface area contributed by atoms with Crippen molar-refractivity contribution >= 4 is 8.07 Å². The fourth-order valence-corrected chi connectivity index (χ4v) is 14.4. The van der Waals surface area contributed by atoms with Crippen LogP contribution in [-0.2, 0) is 0 Å². The van der Waals surface area contributed by atoms with Gasteiger partial charge in [0.25, 0.3) is 0 Å². The zero-order valence-corrected chi connectivity index (χ0v) is 20.7. The van der Waals surface area contributed by atoms with Crippen molar-refractivity contribution in [2.45, 2.75) is 49.9 Å². The van der Waals surface area contributed by atoms with Gasteiger partial charge in [-0.2, -0.15) is 0 Å². The molecule has 4 aromatic carbocycles. The second-order valence-electron chi connectivity index (χ2n) is 9.95. The van der Waals surface area contributed by atoms with E-state index in [0.717, 1.165) is 0 Å². The zero-order valence-electron chi connectivity index (χ0n) is 19.7. The van der Waals surface area contributed by atoms with Gasteiger partial charge in [-0.15, -0.1) is 0 Å². The van der Waals surface area contributed by atoms with Gasteiger partial charge >= 0.3 is 0 Å². The Labute approximate surface area is 199 Å². The van der Waals surface area contributed by atoms with Crippen LogP contribution in [0.3, 0.4) is 0 Å². The predicted molar refractivity (Wildman–Crippen MR) is 143 cm³/mol. The monoisotopic (exact) mass is 444 g/mol. The molecule has 0 nitrogen and oxygen atoms in total. The smallest absolute Gasteiger partial charge is 0.0656 e. The zero-order chi connectivity index (χ0) is 22.4. The molecule has 0 aliphatic heterocycles. The van der Waals surface area contributed by atoms with Crippen LogP contribution in [0.5, 0.6) is 0 Å². The van der Waals surface area contributed by atoms with Crippen LogP contribution in [0.25, 0.3) is 22.3 Å². The lowest BCUT2D eigenvalue weighted by molar-refractivity contribution is 0.867. The largest absolute Gasteiger partial charge is 0.0790 e. The van der Waals surface area contributed by atoms with E-state index in [1.54, 1.807) is 22.3 Å². The van der Waals surface area contributed by atoms with E-state index in [4.69, 9.17) is 0 Å². The molecule has 33 heavy (non-hydrogen) atoms. The van der Waals surface area contributed by atoms with Crippen LogP contribution < -0.4 is 0 Å². The van der Waals surface area contributed by atoms with Gasteiger partial charge in [-0.1, -0.05) is 136 Å². The molecule has 0 bridgehead atoms. The van der Waals surface area contributed by atoms with Crippen molar-refractivity contribution in [1.29, 1.82) is 0 Å². The van der Waals surface area contributed by atoms with Crippen molar-refractivity contribution in [3.05, 3.63) is 119 Å². The summed E-state index contributed by atoms with van der Waals surface area (Å²) in [5.74, 6) is 0. The van der Waals surface area contributed by atoms with Crippen molar-refractivity contribution in [2.24, 2.45) is 0 Å². The standard InChI is InChI=1S/C32H32Si/c1-3-21-33(22-4-2,31-27-17-9-5-13-23(27)24-14-6-10-18-28(24)31)32-29-19-11-7-15-25(29)26-16-8-12-20-30(26)32/h5-20,31-32H,3-4,21-22H2,1-2H3. The third-order valence-corrected chi connectivity index (χ3v) is 14.7. The maximum Gasteiger partial charge on any atom is 0.0790 e. The molecular weight excluding hydrogens is 412 g/mol. The Morgan fingerprint density at radius 2 is 0.727 bits per heavy atom. The number of hydrogen-bond donors (Lipinski definition) is 0. The summed E-state index contributed by atoms with van der Waals surface area (Å²) < 4.78 is 0. The van der Waals surface area contributed by atoms with Crippen molar-refractivity contribution < 1.29 is 0 Å². The maximum atomic E-state index is 2.44. The third kappa shape index (κ3) is 2.95. The van der Waals surface area contributed by atoms with Gasteiger partial charge in [0.05, 0.1) is 8.07 Å². The molecule has 6 rings (SSSR count). The van der Waals surface area contributed by atoms with E-state index in [9.17, 15) is 0 Å². The van der Waals surface area contributed by atoms with Crippen LogP contribution in [0.1, 0.15) is 60.0 Å². The molecule has 0 radical (unpaired) electrons. The van der Waals surface area contributed by atoms with E-state index in [2.05, 4.69) is 111 Å². The van der Waals surface area contributed by atoms with Crippen LogP contribution in [0.15, 0.2) is 97.1 Å². The molecule has 164 valence electrons. The van der Waals surface area contributed by atoms with Crippen molar-refractivity contribution in [3.63, 3.8) is 0 Å². The lowest BCUT2D eigenvalue weighted by Gasteiger charge is -2.44. The minimum Gasteiger partial charge on any atom is -0.0656 e. The summed E-state index contributed by atoms with van der Waals surface area (Å²) in [4.78, 5) is 0. The number of rotatable bonds is 6. The highest BCUT2D eigenvalue weighted by Gasteiger charge is 2.53. The Kier molecular flexibility index (Phi) is 5.11. The van der Waals surface area contributed by atoms with E-state index in [1.165, 1.54) is 47.2 Å². The second kappa shape index (κ2) is 8.15. The highest BCUT2D eigenvalue weighted by atomic mass is 28.3. The molecule has 1 heteroatoms. The van der Waals surface area contributed by atoms with Crippen LogP contribution in [-0.4, -0.2) is 8.07 Å². The first-order valence-electron chi connectivity index (χ1n) is 12.7. The Morgan fingerprint density at radius 1 is 0.455 bits per heavy atom. The lowest BCUT2D eigenvalue weighted by Crippen LogP contribution is -2.48. The first-order valence-corrected chi connectivity index (χ1v) is 15.2. The lowest BCUT2D eigenvalue weighted by atomic mass is 10.1. The summed E-state index contributed by atoms with van der Waals surface area (Å²) in [6, 6.07) is 39.9. The molecule has 2 aliphatic rings. The molecular formula is C32H32Si. The van der Waals surface area contributed by atoms with E-state index in [1.807, 2.05) is 0 Å². The molecule has 0 N–H and O–H groups in total. The summed E-state index contributed by atoms with van der Waals surface area (Å²) >= 11 is 0. The first kappa shape index (κ1) is 20.7. The van der Waals surface area contributed by atoms with Crippen molar-refractivity contribution in [1.82, 2.24) is 0 Å². The second-order valence-corrected chi connectivity index (χ2v) is 14.6. The van der Waals surface area contributed by atoms with E-state index >= 15 is 0 Å². The average molecular weight is 445 g/mol. The minimum atomic E-state index is -1.93. The topological polar surface area (TPSA) is 0 Å². The molecule has 2 aliphatic carbocycles. The van der Waals surface area contributed by atoms with Gasteiger partial charge in [0.2, 0.25) is 0 Å². The Bertz CT molecular complexity index is 1120. The summed E-state index contributed by atoms with van der Waals surface area (Å²) in [7, 11) is -1.93. The Hall–Kier alpha value is -2.90. The summed E-state index contributed by atoms with van der Waals surface area (Å²) in [6.07, 6.45) is 2.52. The molecule has 0 spiro atoms. The quantitative estimate of drug-likeness (QED) is 0.260. The van der Waals surface area contributed by atoms with Crippen LogP contribution in [0.4, 0.5) is 0 Å². The summed E-state index contributed by atoms with van der Waals surface area (Å²) in [5, 5.41) is 0. The highest BCUT2D eigenvalue weighted by molar-refractivity contribution is 6.84. The fraction of sp³-hybridized carbons (Fsp3) is 0.250. The summed E-state index contributed by atoms with van der Waals surface area (Å²) in [6.45, 7) is 4.83. The molecule has 0 saturated carbocycles. The normalized spacial score (nSPS) is 14.6. The number of fused-ring (bicyclic) bond motifs is 6. The highest BCUT2D eigenvalue weighted by Crippen LogP contribution is 2.60. The molecule has 0 unspecified atom stereocenters. The summed E-state index contributed by atoms with van der Waals surface area (Å²) in [5.41, 5.74) is 13.4. The predicted octanol–water partition coefficient (Wildman–Crippen LogP) is 8.96. The van der Waals surface area contributed by atoms with Gasteiger partial charge in [-0.05, 0) is 44.5 Å². The molecule has 4 aromatic rings. The van der Waals surface area contributed by atoms with Crippen molar-refractivity contribution in [2.75, 3.05) is 0 Å². The first-order chi connectivity index (χ1) is 16.3. The van der Waals surface area contributed by atoms with Crippen LogP contribution in [0, 0.1) is 0 Å². The number of benzene rings is 4. The third-order valence-electron chi connectivity index (χ3n) is 8.25. The molecule has 0 amide bonds. The van der Waals surface area contributed by atoms with Gasteiger partial charge in [0.15, 0.2) is 0 Å². The number of hydrogen-bond acceptors (Lipinski definition) is 0. The Balaban J connectivity index is 1.67. The molecule has 0 aromatic heterocycles. The molecule has 0 atom stereocenters. The maximum absolute atomic E-state index is 2.44. The van der Waals surface area contributed by atoms with Gasteiger partial charge in [0.1, 0.15) is 0 Å². The van der Waals surface area contributed by atoms with Gasteiger partial charge < -0.3 is 0 Å². The van der Waals surface area contributed by atoms with Crippen LogP contribution in [0.2, 0.25) is 12.1 Å². The van der Waals surface area contributed by atoms with Gasteiger partial charge in [-0.25, -0.2) is 0 Å². The van der Waals surface area contributed by atoms with E-state index < -0.39 is 8.07 Å². The Morgan fingerprint density at radius 3 is 1.00 bits per heavy atom. The van der Waals surface area contributed by atoms with Gasteiger partial charge in [0, 0.05) is 11.1 Å². The van der Waals surface area contributed by atoms with E-state index in [-0.39, 0.29) is 0 Å². The molecule has 0 fully saturated rings. The molecule has 0 saturated heterocycles. The van der Waals surface area contributed by atoms with Gasteiger partial charge in [-0.3, -0.25) is 0 Å². The SMILES string of the molecule is CCC[Si](CCC)(C1c2ccccc2-c2ccccc21)C1c2ccccc2-c2ccccc21. The molecule has 0 heterocycles. The van der Waals surface area contributed by atoms with E-state index in [0.29, 0.717) is 11.1 Å². The van der Waals surface area contributed by atoms with Crippen LogP contribution >= 0.6 is 0 Å². The fourth-order valence-electron chi connectivity index (χ4n) is 7.35.